The summed E-state index contributed by atoms with van der Waals surface area (Å²) in [5, 5.41) is 16.5. The van der Waals surface area contributed by atoms with E-state index < -0.39 is 11.9 Å². The molecular weight excluding hydrogens is 286 g/mol. The van der Waals surface area contributed by atoms with Crippen LogP contribution < -0.4 is 0 Å². The lowest BCUT2D eigenvalue weighted by atomic mass is 10.2. The fourth-order valence-corrected chi connectivity index (χ4v) is 1.22. The van der Waals surface area contributed by atoms with Gasteiger partial charge in [0.05, 0.1) is 0 Å². The molecule has 6 nitrogen and oxygen atoms in total. The highest BCUT2D eigenvalue weighted by molar-refractivity contribution is 5.94. The molecule has 0 heterocycles. The molecule has 0 rings (SSSR count). The lowest BCUT2D eigenvalue weighted by Gasteiger charge is -2.16. The van der Waals surface area contributed by atoms with Crippen LogP contribution in [0.2, 0.25) is 0 Å². The van der Waals surface area contributed by atoms with Crippen molar-refractivity contribution in [3.63, 3.8) is 0 Å². The summed E-state index contributed by atoms with van der Waals surface area (Å²) in [7, 11) is 0. The number of hydrogen-bond donors (Lipinski definition) is 2. The molecule has 0 aromatic carbocycles. The highest BCUT2D eigenvalue weighted by Gasteiger charge is 2.06. The van der Waals surface area contributed by atoms with Gasteiger partial charge in [-0.2, -0.15) is 0 Å². The van der Waals surface area contributed by atoms with Crippen LogP contribution in [0, 0.1) is 0 Å². The van der Waals surface area contributed by atoms with Gasteiger partial charge < -0.3 is 15.1 Å². The van der Waals surface area contributed by atoms with Crippen LogP contribution >= 0.6 is 0 Å². The molecule has 0 aromatic heterocycles. The van der Waals surface area contributed by atoms with Crippen LogP contribution in [0.4, 0.5) is 0 Å². The van der Waals surface area contributed by atoms with E-state index in [0.29, 0.717) is 25.1 Å². The summed E-state index contributed by atoms with van der Waals surface area (Å²) in [6.07, 6.45) is 6.39. The Balaban J connectivity index is 0. The highest BCUT2D eigenvalue weighted by Crippen LogP contribution is 1.99. The summed E-state index contributed by atoms with van der Waals surface area (Å²) < 4.78 is 0. The number of carboxylic acids is 2. The number of carbonyl (C=O) groups excluding carboxylic acids is 1. The fourth-order valence-electron chi connectivity index (χ4n) is 1.22. The average Bonchev–Trinajstić information content (AvgIpc) is 2.45. The number of amides is 1. The first-order valence-electron chi connectivity index (χ1n) is 6.62. The van der Waals surface area contributed by atoms with Crippen LogP contribution in [0.1, 0.15) is 19.8 Å². The second-order valence-electron chi connectivity index (χ2n) is 4.15. The van der Waals surface area contributed by atoms with Gasteiger partial charge in [-0.15, -0.1) is 13.2 Å². The van der Waals surface area contributed by atoms with Gasteiger partial charge in [0.2, 0.25) is 5.91 Å². The lowest BCUT2D eigenvalue weighted by Crippen LogP contribution is -2.29. The maximum Gasteiger partial charge on any atom is 0.330 e. The van der Waals surface area contributed by atoms with Crippen molar-refractivity contribution in [1.82, 2.24) is 4.90 Å². The SMILES string of the molecule is C=C(CCC)C(=O)O.C=CCN(CC=C)C(=O)C=CC(=O)O. The summed E-state index contributed by atoms with van der Waals surface area (Å²) in [5.74, 6) is -2.39. The molecule has 0 spiro atoms. The van der Waals surface area contributed by atoms with E-state index in [0.717, 1.165) is 18.6 Å². The Labute approximate surface area is 130 Å². The van der Waals surface area contributed by atoms with E-state index in [1.54, 1.807) is 12.2 Å². The number of hydrogen-bond acceptors (Lipinski definition) is 3. The molecule has 0 aliphatic carbocycles. The van der Waals surface area contributed by atoms with E-state index in [4.69, 9.17) is 10.2 Å². The topological polar surface area (TPSA) is 94.9 Å². The van der Waals surface area contributed by atoms with E-state index >= 15 is 0 Å². The third-order valence-corrected chi connectivity index (χ3v) is 2.23. The van der Waals surface area contributed by atoms with Gasteiger partial charge in [-0.05, 0) is 6.42 Å². The Morgan fingerprint density at radius 2 is 1.55 bits per heavy atom. The van der Waals surface area contributed by atoms with Crippen LogP contribution in [0.5, 0.6) is 0 Å². The first-order valence-corrected chi connectivity index (χ1v) is 6.62. The van der Waals surface area contributed by atoms with Gasteiger partial charge in [-0.1, -0.05) is 32.1 Å². The summed E-state index contributed by atoms with van der Waals surface area (Å²) in [6.45, 7) is 13.0. The minimum Gasteiger partial charge on any atom is -0.478 e. The molecule has 122 valence electrons. The zero-order valence-corrected chi connectivity index (χ0v) is 12.8. The standard InChI is InChI=1S/C10H13NO3.C6H10O2/c1-3-7-11(8-4-2)9(12)5-6-10(13)14;1-3-4-5(2)6(7)8/h3-6H,1-2,7-8H2,(H,13,14);2-4H2,1H3,(H,7,8). The minimum atomic E-state index is -1.14. The Morgan fingerprint density at radius 1 is 1.05 bits per heavy atom. The third kappa shape index (κ3) is 12.4. The molecule has 6 heteroatoms. The maximum atomic E-state index is 11.3. The van der Waals surface area contributed by atoms with E-state index in [1.165, 1.54) is 4.90 Å². The summed E-state index contributed by atoms with van der Waals surface area (Å²) in [6, 6.07) is 0. The maximum absolute atomic E-state index is 11.3. The zero-order chi connectivity index (χ0) is 17.5. The molecule has 0 unspecified atom stereocenters. The molecule has 1 amide bonds. The predicted octanol–water partition coefficient (Wildman–Crippen LogP) is 2.26. The van der Waals surface area contributed by atoms with Crippen molar-refractivity contribution < 1.29 is 24.6 Å². The Morgan fingerprint density at radius 3 is 1.82 bits per heavy atom. The normalized spacial score (nSPS) is 9.32. The zero-order valence-electron chi connectivity index (χ0n) is 12.8. The molecule has 0 atom stereocenters. The first-order chi connectivity index (χ1) is 10.3. The van der Waals surface area contributed by atoms with Crippen molar-refractivity contribution in [2.75, 3.05) is 13.1 Å². The Kier molecular flexibility index (Phi) is 13.2. The van der Waals surface area contributed by atoms with Gasteiger partial charge in [0, 0.05) is 30.8 Å². The van der Waals surface area contributed by atoms with Crippen molar-refractivity contribution in [2.24, 2.45) is 0 Å². The first kappa shape index (κ1) is 21.7. The Hall–Kier alpha value is -2.63. The minimum absolute atomic E-state index is 0.299. The highest BCUT2D eigenvalue weighted by atomic mass is 16.4. The molecule has 0 bridgehead atoms. The van der Waals surface area contributed by atoms with Gasteiger partial charge in [0.25, 0.3) is 0 Å². The van der Waals surface area contributed by atoms with Crippen molar-refractivity contribution in [3.8, 4) is 0 Å². The smallest absolute Gasteiger partial charge is 0.330 e. The molecule has 0 saturated carbocycles. The van der Waals surface area contributed by atoms with Crippen molar-refractivity contribution in [1.29, 1.82) is 0 Å². The predicted molar refractivity (Wildman–Crippen MR) is 85.4 cm³/mol. The van der Waals surface area contributed by atoms with E-state index in [2.05, 4.69) is 19.7 Å². The van der Waals surface area contributed by atoms with Gasteiger partial charge in [-0.3, -0.25) is 4.79 Å². The second-order valence-corrected chi connectivity index (χ2v) is 4.15. The fraction of sp³-hybridized carbons (Fsp3) is 0.312. The molecular formula is C16H23NO5. The van der Waals surface area contributed by atoms with Gasteiger partial charge >= 0.3 is 11.9 Å². The monoisotopic (exact) mass is 309 g/mol. The van der Waals surface area contributed by atoms with Gasteiger partial charge in [0.1, 0.15) is 0 Å². The Bertz CT molecular complexity index is 441. The van der Waals surface area contributed by atoms with Crippen LogP contribution in [0.3, 0.4) is 0 Å². The molecule has 0 aliphatic rings. The number of aliphatic carboxylic acids is 2. The molecule has 0 fully saturated rings. The van der Waals surface area contributed by atoms with Crippen LogP contribution in [0.15, 0.2) is 49.6 Å². The summed E-state index contributed by atoms with van der Waals surface area (Å²) in [5.41, 5.74) is 0.299. The third-order valence-electron chi connectivity index (χ3n) is 2.23. The number of carbonyl (C=O) groups is 3. The van der Waals surface area contributed by atoms with Crippen LogP contribution in [-0.4, -0.2) is 46.0 Å². The molecule has 0 saturated heterocycles. The van der Waals surface area contributed by atoms with E-state index in [9.17, 15) is 14.4 Å². The van der Waals surface area contributed by atoms with Crippen molar-refractivity contribution >= 4 is 17.8 Å². The van der Waals surface area contributed by atoms with E-state index in [1.807, 2.05) is 6.92 Å². The largest absolute Gasteiger partial charge is 0.478 e. The number of nitrogens with zero attached hydrogens (tertiary/aromatic N) is 1. The quantitative estimate of drug-likeness (QED) is 0.503. The molecule has 0 radical (unpaired) electrons. The number of rotatable bonds is 9. The second kappa shape index (κ2) is 13.4. The summed E-state index contributed by atoms with van der Waals surface area (Å²) >= 11 is 0. The van der Waals surface area contributed by atoms with Crippen LogP contribution in [-0.2, 0) is 14.4 Å². The summed E-state index contributed by atoms with van der Waals surface area (Å²) in [4.78, 5) is 32.9. The van der Waals surface area contributed by atoms with Gasteiger partial charge in [0.15, 0.2) is 0 Å². The van der Waals surface area contributed by atoms with Crippen molar-refractivity contribution in [3.05, 3.63) is 49.6 Å². The van der Waals surface area contributed by atoms with E-state index in [-0.39, 0.29) is 5.91 Å². The number of carboxylic acid groups (broad SMARTS) is 2. The molecule has 0 aliphatic heterocycles. The molecule has 2 N–H and O–H groups in total. The van der Waals surface area contributed by atoms with Gasteiger partial charge in [-0.25, -0.2) is 9.59 Å². The van der Waals surface area contributed by atoms with Crippen molar-refractivity contribution in [2.45, 2.75) is 19.8 Å². The molecule has 22 heavy (non-hydrogen) atoms. The molecule has 0 aromatic rings. The average molecular weight is 309 g/mol. The van der Waals surface area contributed by atoms with Crippen LogP contribution in [0.25, 0.3) is 0 Å². The lowest BCUT2D eigenvalue weighted by molar-refractivity contribution is -0.133.